The van der Waals surface area contributed by atoms with Crippen LogP contribution in [-0.2, 0) is 6.54 Å². The van der Waals surface area contributed by atoms with E-state index in [1.807, 2.05) is 6.07 Å². The van der Waals surface area contributed by atoms with Crippen LogP contribution in [0.4, 0.5) is 10.5 Å². The largest absolute Gasteiger partial charge is 0.394 e. The minimum Gasteiger partial charge on any atom is -0.394 e. The van der Waals surface area contributed by atoms with E-state index < -0.39 is 0 Å². The van der Waals surface area contributed by atoms with Crippen molar-refractivity contribution >= 4 is 11.7 Å². The van der Waals surface area contributed by atoms with Gasteiger partial charge < -0.3 is 20.2 Å². The second-order valence-corrected chi connectivity index (χ2v) is 6.51. The Bertz CT molecular complexity index is 529. The number of amides is 2. The fourth-order valence-corrected chi connectivity index (χ4v) is 3.67. The summed E-state index contributed by atoms with van der Waals surface area (Å²) in [6.07, 6.45) is 5.67. The van der Waals surface area contributed by atoms with Crippen LogP contribution in [0.2, 0.25) is 0 Å². The highest BCUT2D eigenvalue weighted by Gasteiger charge is 2.27. The van der Waals surface area contributed by atoms with Gasteiger partial charge in [-0.1, -0.05) is 18.2 Å². The number of anilines is 1. The maximum absolute atomic E-state index is 12.4. The lowest BCUT2D eigenvalue weighted by Gasteiger charge is -2.31. The molecule has 2 aliphatic rings. The molecule has 2 heterocycles. The third-order valence-electron chi connectivity index (χ3n) is 4.97. The SMILES string of the molecule is O=C(NCc1ccccc1N1CCCCC1)N1CCC[C@H]1CO. The number of nitrogens with zero attached hydrogens (tertiary/aromatic N) is 2. The molecule has 5 heteroatoms. The van der Waals surface area contributed by atoms with Crippen molar-refractivity contribution in [2.24, 2.45) is 0 Å². The summed E-state index contributed by atoms with van der Waals surface area (Å²) in [4.78, 5) is 16.6. The average Bonchev–Trinajstić information content (AvgIpc) is 3.09. The standard InChI is InChI=1S/C18H27N3O2/c22-14-16-8-6-12-21(16)18(23)19-13-15-7-2-3-9-17(15)20-10-4-1-5-11-20/h2-3,7,9,16,22H,1,4-6,8,10-14H2,(H,19,23)/t16-/m0/s1. The Morgan fingerprint density at radius 2 is 1.91 bits per heavy atom. The van der Waals surface area contributed by atoms with E-state index in [1.165, 1.54) is 30.5 Å². The van der Waals surface area contributed by atoms with E-state index in [1.54, 1.807) is 4.90 Å². The van der Waals surface area contributed by atoms with Gasteiger partial charge in [-0.2, -0.15) is 0 Å². The van der Waals surface area contributed by atoms with Gasteiger partial charge in [0.25, 0.3) is 0 Å². The van der Waals surface area contributed by atoms with E-state index in [0.29, 0.717) is 6.54 Å². The summed E-state index contributed by atoms with van der Waals surface area (Å²) in [5, 5.41) is 12.4. The van der Waals surface area contributed by atoms with Crippen LogP contribution in [0, 0.1) is 0 Å². The molecule has 0 aliphatic carbocycles. The predicted octanol–water partition coefficient (Wildman–Crippen LogP) is 2.34. The van der Waals surface area contributed by atoms with Crippen molar-refractivity contribution in [2.75, 3.05) is 31.1 Å². The van der Waals surface area contributed by atoms with Gasteiger partial charge in [0.05, 0.1) is 12.6 Å². The lowest BCUT2D eigenvalue weighted by Crippen LogP contribution is -2.44. The fraction of sp³-hybridized carbons (Fsp3) is 0.611. The maximum atomic E-state index is 12.4. The molecule has 2 aliphatic heterocycles. The van der Waals surface area contributed by atoms with Crippen molar-refractivity contribution < 1.29 is 9.90 Å². The topological polar surface area (TPSA) is 55.8 Å². The minimum atomic E-state index is -0.0602. The Morgan fingerprint density at radius 3 is 2.70 bits per heavy atom. The second kappa shape index (κ2) is 7.68. The molecule has 3 rings (SSSR count). The van der Waals surface area contributed by atoms with E-state index in [2.05, 4.69) is 28.4 Å². The molecule has 5 nitrogen and oxygen atoms in total. The molecule has 0 unspecified atom stereocenters. The molecule has 0 saturated carbocycles. The van der Waals surface area contributed by atoms with Gasteiger partial charge in [-0.3, -0.25) is 0 Å². The number of para-hydroxylation sites is 1. The quantitative estimate of drug-likeness (QED) is 0.896. The first kappa shape index (κ1) is 16.1. The molecule has 1 aromatic rings. The van der Waals surface area contributed by atoms with Gasteiger partial charge in [-0.25, -0.2) is 4.79 Å². The average molecular weight is 317 g/mol. The van der Waals surface area contributed by atoms with Crippen molar-refractivity contribution in [3.63, 3.8) is 0 Å². The number of urea groups is 1. The van der Waals surface area contributed by atoms with Crippen LogP contribution in [0.15, 0.2) is 24.3 Å². The normalized spacial score (nSPS) is 21.5. The number of aliphatic hydroxyl groups is 1. The van der Waals surface area contributed by atoms with Crippen LogP contribution in [0.3, 0.4) is 0 Å². The number of aliphatic hydroxyl groups excluding tert-OH is 1. The van der Waals surface area contributed by atoms with Gasteiger partial charge >= 0.3 is 6.03 Å². The number of carbonyl (C=O) groups excluding carboxylic acids is 1. The van der Waals surface area contributed by atoms with Gasteiger partial charge in [-0.15, -0.1) is 0 Å². The van der Waals surface area contributed by atoms with Crippen LogP contribution in [0.5, 0.6) is 0 Å². The van der Waals surface area contributed by atoms with E-state index in [9.17, 15) is 9.90 Å². The lowest BCUT2D eigenvalue weighted by molar-refractivity contribution is 0.157. The zero-order valence-corrected chi connectivity index (χ0v) is 13.7. The highest BCUT2D eigenvalue weighted by atomic mass is 16.3. The Morgan fingerprint density at radius 1 is 1.13 bits per heavy atom. The Labute approximate surface area is 138 Å². The van der Waals surface area contributed by atoms with Crippen LogP contribution < -0.4 is 10.2 Å². The molecule has 2 N–H and O–H groups in total. The van der Waals surface area contributed by atoms with Gasteiger partial charge in [0.15, 0.2) is 0 Å². The zero-order valence-electron chi connectivity index (χ0n) is 13.7. The Balaban J connectivity index is 1.62. The first-order valence-electron chi connectivity index (χ1n) is 8.78. The van der Waals surface area contributed by atoms with Crippen molar-refractivity contribution in [3.8, 4) is 0 Å². The Kier molecular flexibility index (Phi) is 5.39. The Hall–Kier alpha value is -1.75. The monoisotopic (exact) mass is 317 g/mol. The van der Waals surface area contributed by atoms with Crippen molar-refractivity contribution in [3.05, 3.63) is 29.8 Å². The minimum absolute atomic E-state index is 0.0210. The fourth-order valence-electron chi connectivity index (χ4n) is 3.67. The number of hydrogen-bond acceptors (Lipinski definition) is 3. The first-order valence-corrected chi connectivity index (χ1v) is 8.78. The number of likely N-dealkylation sites (tertiary alicyclic amines) is 1. The van der Waals surface area contributed by atoms with E-state index in [0.717, 1.165) is 32.5 Å². The number of benzene rings is 1. The molecule has 0 spiro atoms. The van der Waals surface area contributed by atoms with Gasteiger partial charge in [0.2, 0.25) is 0 Å². The molecule has 2 amide bonds. The molecule has 0 bridgehead atoms. The van der Waals surface area contributed by atoms with E-state index >= 15 is 0 Å². The second-order valence-electron chi connectivity index (χ2n) is 6.51. The number of hydrogen-bond donors (Lipinski definition) is 2. The van der Waals surface area contributed by atoms with Crippen molar-refractivity contribution in [2.45, 2.75) is 44.7 Å². The van der Waals surface area contributed by atoms with Gasteiger partial charge in [0, 0.05) is 31.9 Å². The van der Waals surface area contributed by atoms with E-state index in [4.69, 9.17) is 0 Å². The smallest absolute Gasteiger partial charge is 0.317 e. The number of piperidine rings is 1. The van der Waals surface area contributed by atoms with Crippen LogP contribution >= 0.6 is 0 Å². The third kappa shape index (κ3) is 3.78. The van der Waals surface area contributed by atoms with Crippen molar-refractivity contribution in [1.29, 1.82) is 0 Å². The molecule has 0 aromatic heterocycles. The molecule has 2 saturated heterocycles. The number of nitrogens with one attached hydrogen (secondary N) is 1. The summed E-state index contributed by atoms with van der Waals surface area (Å²) in [5.41, 5.74) is 2.41. The highest BCUT2D eigenvalue weighted by molar-refractivity contribution is 5.75. The van der Waals surface area contributed by atoms with Crippen molar-refractivity contribution in [1.82, 2.24) is 10.2 Å². The number of carbonyl (C=O) groups is 1. The summed E-state index contributed by atoms with van der Waals surface area (Å²) in [6.45, 7) is 3.54. The summed E-state index contributed by atoms with van der Waals surface area (Å²) in [7, 11) is 0. The highest BCUT2D eigenvalue weighted by Crippen LogP contribution is 2.24. The van der Waals surface area contributed by atoms with E-state index in [-0.39, 0.29) is 18.7 Å². The molecule has 2 fully saturated rings. The summed E-state index contributed by atoms with van der Waals surface area (Å²) in [6, 6.07) is 8.26. The first-order chi connectivity index (χ1) is 11.3. The number of rotatable bonds is 4. The third-order valence-corrected chi connectivity index (χ3v) is 4.97. The predicted molar refractivity (Wildman–Crippen MR) is 91.6 cm³/mol. The molecular weight excluding hydrogens is 290 g/mol. The summed E-state index contributed by atoms with van der Waals surface area (Å²) < 4.78 is 0. The summed E-state index contributed by atoms with van der Waals surface area (Å²) in [5.74, 6) is 0. The van der Waals surface area contributed by atoms with Gasteiger partial charge in [-0.05, 0) is 43.7 Å². The molecule has 1 atom stereocenters. The van der Waals surface area contributed by atoms with Crippen LogP contribution in [0.25, 0.3) is 0 Å². The van der Waals surface area contributed by atoms with Crippen LogP contribution in [0.1, 0.15) is 37.7 Å². The maximum Gasteiger partial charge on any atom is 0.317 e. The molecule has 126 valence electrons. The van der Waals surface area contributed by atoms with Gasteiger partial charge in [0.1, 0.15) is 0 Å². The molecule has 1 aromatic carbocycles. The molecule has 23 heavy (non-hydrogen) atoms. The lowest BCUT2D eigenvalue weighted by atomic mass is 10.1. The zero-order chi connectivity index (χ0) is 16.1. The molecular formula is C18H27N3O2. The molecule has 0 radical (unpaired) electrons. The summed E-state index contributed by atoms with van der Waals surface area (Å²) >= 11 is 0. The van der Waals surface area contributed by atoms with Crippen LogP contribution in [-0.4, -0.2) is 48.3 Å².